The molecule has 5 nitrogen and oxygen atoms in total. The molecule has 1 saturated carbocycles. The van der Waals surface area contributed by atoms with E-state index < -0.39 is 0 Å². The fourth-order valence-corrected chi connectivity index (χ4v) is 2.70. The highest BCUT2D eigenvalue weighted by Crippen LogP contribution is 2.35. The third-order valence-electron chi connectivity index (χ3n) is 4.41. The van der Waals surface area contributed by atoms with Crippen molar-refractivity contribution in [3.63, 3.8) is 0 Å². The average molecular weight is 288 g/mol. The van der Waals surface area contributed by atoms with Crippen molar-refractivity contribution in [2.45, 2.75) is 25.8 Å². The van der Waals surface area contributed by atoms with E-state index in [-0.39, 0.29) is 31.0 Å². The predicted octanol–water partition coefficient (Wildman–Crippen LogP) is 1.67. The van der Waals surface area contributed by atoms with Gasteiger partial charge in [-0.2, -0.15) is 0 Å². The van der Waals surface area contributed by atoms with E-state index >= 15 is 0 Å². The molecule has 112 valence electrons. The van der Waals surface area contributed by atoms with Gasteiger partial charge in [-0.05, 0) is 37.8 Å². The van der Waals surface area contributed by atoms with E-state index in [1.165, 1.54) is 17.7 Å². The lowest BCUT2D eigenvalue weighted by Gasteiger charge is -2.32. The molecule has 21 heavy (non-hydrogen) atoms. The number of nitrogens with zero attached hydrogens (tertiary/aromatic N) is 2. The second-order valence-corrected chi connectivity index (χ2v) is 5.82. The van der Waals surface area contributed by atoms with E-state index in [1.54, 1.807) is 4.90 Å². The Morgan fingerprint density at radius 3 is 2.86 bits per heavy atom. The molecule has 0 spiro atoms. The lowest BCUT2D eigenvalue weighted by atomic mass is 10.2. The van der Waals surface area contributed by atoms with Crippen LogP contribution < -0.4 is 9.64 Å². The summed E-state index contributed by atoms with van der Waals surface area (Å²) in [6, 6.07) is 7.56. The molecule has 0 bridgehead atoms. The fourth-order valence-electron chi connectivity index (χ4n) is 2.70. The Kier molecular flexibility index (Phi) is 3.57. The first kappa shape index (κ1) is 13.9. The standard InChI is InChI=1S/C16H20N2O3/c1-11(12-7-8-12)17(2)15(19)9-18-13-5-3-4-6-14(13)21-10-16(18)20/h3-6,11-12H,7-10H2,1-2H3. The topological polar surface area (TPSA) is 49.9 Å². The normalized spacial score (nSPS) is 18.8. The number of carbonyl (C=O) groups excluding carboxylic acids is 2. The number of fused-ring (bicyclic) bond motifs is 1. The summed E-state index contributed by atoms with van der Waals surface area (Å²) in [5.74, 6) is 1.07. The van der Waals surface area contributed by atoms with Crippen molar-refractivity contribution in [1.29, 1.82) is 0 Å². The molecule has 1 aromatic rings. The molecule has 1 atom stereocenters. The summed E-state index contributed by atoms with van der Waals surface area (Å²) in [6.07, 6.45) is 2.39. The zero-order valence-corrected chi connectivity index (χ0v) is 12.4. The van der Waals surface area contributed by atoms with Gasteiger partial charge in [0.25, 0.3) is 5.91 Å². The summed E-state index contributed by atoms with van der Waals surface area (Å²) < 4.78 is 5.39. The van der Waals surface area contributed by atoms with E-state index in [4.69, 9.17) is 4.74 Å². The van der Waals surface area contributed by atoms with Crippen LogP contribution in [0.1, 0.15) is 19.8 Å². The number of hydrogen-bond donors (Lipinski definition) is 0. The van der Waals surface area contributed by atoms with Crippen LogP contribution in [0.25, 0.3) is 0 Å². The molecule has 0 saturated heterocycles. The van der Waals surface area contributed by atoms with Crippen LogP contribution in [0.15, 0.2) is 24.3 Å². The van der Waals surface area contributed by atoms with Gasteiger partial charge in [-0.15, -0.1) is 0 Å². The second-order valence-electron chi connectivity index (χ2n) is 5.82. The Morgan fingerprint density at radius 2 is 2.14 bits per heavy atom. The van der Waals surface area contributed by atoms with Gasteiger partial charge in [-0.25, -0.2) is 0 Å². The van der Waals surface area contributed by atoms with Crippen LogP contribution in [0.3, 0.4) is 0 Å². The summed E-state index contributed by atoms with van der Waals surface area (Å²) >= 11 is 0. The smallest absolute Gasteiger partial charge is 0.265 e. The van der Waals surface area contributed by atoms with Crippen molar-refractivity contribution in [3.05, 3.63) is 24.3 Å². The lowest BCUT2D eigenvalue weighted by Crippen LogP contribution is -2.47. The lowest BCUT2D eigenvalue weighted by molar-refractivity contribution is -0.132. The van der Waals surface area contributed by atoms with E-state index in [2.05, 4.69) is 6.92 Å². The first-order chi connectivity index (χ1) is 10.1. The molecule has 5 heteroatoms. The number of likely N-dealkylation sites (N-methyl/N-ethyl adjacent to an activating group) is 1. The molecule has 1 aliphatic carbocycles. The first-order valence-corrected chi connectivity index (χ1v) is 7.36. The minimum atomic E-state index is -0.172. The maximum absolute atomic E-state index is 12.4. The number of rotatable bonds is 4. The molecule has 1 heterocycles. The number of anilines is 1. The predicted molar refractivity (Wildman–Crippen MR) is 79.2 cm³/mol. The van der Waals surface area contributed by atoms with Crippen molar-refractivity contribution in [3.8, 4) is 5.75 Å². The quantitative estimate of drug-likeness (QED) is 0.847. The summed E-state index contributed by atoms with van der Waals surface area (Å²) in [5.41, 5.74) is 0.676. The Bertz CT molecular complexity index is 568. The monoisotopic (exact) mass is 288 g/mol. The number of hydrogen-bond acceptors (Lipinski definition) is 3. The number of benzene rings is 1. The van der Waals surface area contributed by atoms with Gasteiger partial charge in [0.2, 0.25) is 5.91 Å². The summed E-state index contributed by atoms with van der Waals surface area (Å²) in [6.45, 7) is 2.14. The molecule has 2 aliphatic rings. The van der Waals surface area contributed by atoms with Crippen molar-refractivity contribution in [2.24, 2.45) is 5.92 Å². The van der Waals surface area contributed by atoms with Gasteiger partial charge in [0.1, 0.15) is 12.3 Å². The molecule has 1 aromatic carbocycles. The summed E-state index contributed by atoms with van der Waals surface area (Å²) in [5, 5.41) is 0. The summed E-state index contributed by atoms with van der Waals surface area (Å²) in [7, 11) is 1.82. The molecule has 1 unspecified atom stereocenters. The van der Waals surface area contributed by atoms with E-state index in [9.17, 15) is 9.59 Å². The third kappa shape index (κ3) is 2.73. The molecular weight excluding hydrogens is 268 g/mol. The molecule has 0 N–H and O–H groups in total. The van der Waals surface area contributed by atoms with Gasteiger partial charge in [0, 0.05) is 13.1 Å². The maximum atomic E-state index is 12.4. The van der Waals surface area contributed by atoms with Crippen LogP contribution in [-0.2, 0) is 9.59 Å². The van der Waals surface area contributed by atoms with E-state index in [0.717, 1.165) is 0 Å². The number of amides is 2. The second kappa shape index (κ2) is 5.39. The van der Waals surface area contributed by atoms with E-state index in [1.807, 2.05) is 31.3 Å². The Balaban J connectivity index is 1.74. The highest BCUT2D eigenvalue weighted by molar-refractivity contribution is 6.02. The number of para-hydroxylation sites is 2. The first-order valence-electron chi connectivity index (χ1n) is 7.36. The van der Waals surface area contributed by atoms with Crippen LogP contribution in [0.2, 0.25) is 0 Å². The van der Waals surface area contributed by atoms with Crippen molar-refractivity contribution in [2.75, 3.05) is 25.1 Å². The molecule has 0 radical (unpaired) electrons. The van der Waals surface area contributed by atoms with Gasteiger partial charge < -0.3 is 9.64 Å². The molecule has 0 aromatic heterocycles. The number of ether oxygens (including phenoxy) is 1. The summed E-state index contributed by atoms with van der Waals surface area (Å²) in [4.78, 5) is 27.8. The van der Waals surface area contributed by atoms with Crippen LogP contribution in [0.4, 0.5) is 5.69 Å². The SMILES string of the molecule is CC(C1CC1)N(C)C(=O)CN1C(=O)COc2ccccc21. The van der Waals surface area contributed by atoms with Crippen LogP contribution in [0, 0.1) is 5.92 Å². The maximum Gasteiger partial charge on any atom is 0.265 e. The van der Waals surface area contributed by atoms with Crippen LogP contribution in [0.5, 0.6) is 5.75 Å². The Labute approximate surface area is 124 Å². The molecule has 1 fully saturated rings. The largest absolute Gasteiger partial charge is 0.482 e. The molecule has 1 aliphatic heterocycles. The Hall–Kier alpha value is -2.04. The zero-order valence-electron chi connectivity index (χ0n) is 12.4. The minimum absolute atomic E-state index is 0.00775. The average Bonchev–Trinajstić information content (AvgIpc) is 3.33. The highest BCUT2D eigenvalue weighted by atomic mass is 16.5. The Morgan fingerprint density at radius 1 is 1.43 bits per heavy atom. The van der Waals surface area contributed by atoms with Crippen molar-refractivity contribution in [1.82, 2.24) is 4.90 Å². The van der Waals surface area contributed by atoms with Gasteiger partial charge in [0.15, 0.2) is 6.61 Å². The van der Waals surface area contributed by atoms with Crippen molar-refractivity contribution >= 4 is 17.5 Å². The van der Waals surface area contributed by atoms with Crippen LogP contribution in [-0.4, -0.2) is 43.0 Å². The van der Waals surface area contributed by atoms with E-state index in [0.29, 0.717) is 17.4 Å². The third-order valence-corrected chi connectivity index (χ3v) is 4.41. The molecule has 2 amide bonds. The number of carbonyl (C=O) groups is 2. The van der Waals surface area contributed by atoms with Crippen LogP contribution >= 0.6 is 0 Å². The highest BCUT2D eigenvalue weighted by Gasteiger charge is 2.34. The zero-order chi connectivity index (χ0) is 15.0. The van der Waals surface area contributed by atoms with Gasteiger partial charge >= 0.3 is 0 Å². The molecular formula is C16H20N2O3. The van der Waals surface area contributed by atoms with Crippen molar-refractivity contribution < 1.29 is 14.3 Å². The van der Waals surface area contributed by atoms with Gasteiger partial charge in [0.05, 0.1) is 5.69 Å². The fraction of sp³-hybridized carbons (Fsp3) is 0.500. The van der Waals surface area contributed by atoms with Gasteiger partial charge in [-0.3, -0.25) is 14.5 Å². The molecule has 3 rings (SSSR count). The van der Waals surface area contributed by atoms with Gasteiger partial charge in [-0.1, -0.05) is 12.1 Å². The minimum Gasteiger partial charge on any atom is -0.482 e.